The summed E-state index contributed by atoms with van der Waals surface area (Å²) >= 11 is 1.65. The second kappa shape index (κ2) is 5.46. The van der Waals surface area contributed by atoms with Crippen molar-refractivity contribution in [2.45, 2.75) is 18.0 Å². The van der Waals surface area contributed by atoms with E-state index >= 15 is 0 Å². The van der Waals surface area contributed by atoms with Crippen LogP contribution >= 0.6 is 11.8 Å². The van der Waals surface area contributed by atoms with E-state index in [1.807, 2.05) is 6.08 Å². The summed E-state index contributed by atoms with van der Waals surface area (Å²) in [5, 5.41) is 14.6. The number of allylic oxidation sites excluding steroid dienone is 1. The van der Waals surface area contributed by atoms with E-state index in [0.29, 0.717) is 5.65 Å². The monoisotopic (exact) mass is 245 g/mol. The molecule has 0 saturated heterocycles. The molecule has 6 heteroatoms. The molecule has 0 aliphatic heterocycles. The van der Waals surface area contributed by atoms with Gasteiger partial charge in [-0.3, -0.25) is 0 Å². The number of hydrogen-bond acceptors (Lipinski definition) is 5. The van der Waals surface area contributed by atoms with Crippen molar-refractivity contribution in [1.82, 2.24) is 19.7 Å². The molecule has 2 heterocycles. The van der Waals surface area contributed by atoms with Crippen LogP contribution in [0.15, 0.2) is 30.2 Å². The molecule has 0 aliphatic rings. The maximum Gasteiger partial charge on any atom is 0.163 e. The lowest BCUT2D eigenvalue weighted by atomic mass is 10.4. The number of hydrogen-bond donors (Lipinski definition) is 0. The van der Waals surface area contributed by atoms with Gasteiger partial charge in [0.25, 0.3) is 0 Å². The van der Waals surface area contributed by atoms with Crippen LogP contribution in [-0.2, 0) is 6.54 Å². The zero-order valence-corrected chi connectivity index (χ0v) is 10.0. The van der Waals surface area contributed by atoms with Gasteiger partial charge in [0.1, 0.15) is 17.9 Å². The summed E-state index contributed by atoms with van der Waals surface area (Å²) < 4.78 is 1.58. The van der Waals surface area contributed by atoms with E-state index in [1.165, 1.54) is 6.33 Å². The molecule has 0 fully saturated rings. The zero-order valence-electron chi connectivity index (χ0n) is 9.20. The van der Waals surface area contributed by atoms with Crippen molar-refractivity contribution in [3.05, 3.63) is 25.2 Å². The third-order valence-electron chi connectivity index (χ3n) is 2.18. The number of thioether (sulfide) groups is 1. The normalized spacial score (nSPS) is 10.3. The third-order valence-corrected chi connectivity index (χ3v) is 3.22. The Labute approximate surface area is 103 Å². The number of fused-ring (bicyclic) bond motifs is 1. The Kier molecular flexibility index (Phi) is 3.73. The first-order chi connectivity index (χ1) is 8.36. The molecule has 0 unspecified atom stereocenters. The molecule has 2 aromatic heterocycles. The Hall–Kier alpha value is -1.87. The molecule has 2 rings (SSSR count). The highest BCUT2D eigenvalue weighted by Gasteiger charge is 2.09. The van der Waals surface area contributed by atoms with Crippen LogP contribution in [0.1, 0.15) is 6.42 Å². The fraction of sp³-hybridized carbons (Fsp3) is 0.273. The first kappa shape index (κ1) is 11.6. The molecule has 0 saturated carbocycles. The lowest BCUT2D eigenvalue weighted by molar-refractivity contribution is 0.726. The Balaban J connectivity index is 2.31. The Bertz CT molecular complexity index is 569. The number of nitriles is 1. The summed E-state index contributed by atoms with van der Waals surface area (Å²) in [6, 6.07) is 2.05. The van der Waals surface area contributed by atoms with Gasteiger partial charge in [-0.25, -0.2) is 14.6 Å². The fourth-order valence-electron chi connectivity index (χ4n) is 1.41. The molecule has 0 atom stereocenters. The van der Waals surface area contributed by atoms with Crippen LogP contribution in [0.25, 0.3) is 11.0 Å². The topological polar surface area (TPSA) is 67.4 Å². The Morgan fingerprint density at radius 2 is 2.41 bits per heavy atom. The van der Waals surface area contributed by atoms with Crippen molar-refractivity contribution in [2.24, 2.45) is 0 Å². The van der Waals surface area contributed by atoms with E-state index in [9.17, 15) is 0 Å². The molecule has 17 heavy (non-hydrogen) atoms. The molecule has 2 aromatic rings. The van der Waals surface area contributed by atoms with Gasteiger partial charge in [0.2, 0.25) is 0 Å². The highest BCUT2D eigenvalue weighted by molar-refractivity contribution is 7.99. The molecule has 0 spiro atoms. The van der Waals surface area contributed by atoms with Gasteiger partial charge in [-0.1, -0.05) is 6.08 Å². The quantitative estimate of drug-likeness (QED) is 0.349. The fourth-order valence-corrected chi connectivity index (χ4v) is 2.31. The van der Waals surface area contributed by atoms with Gasteiger partial charge in [-0.2, -0.15) is 10.4 Å². The minimum absolute atomic E-state index is 0.206. The molecule has 0 aromatic carbocycles. The van der Waals surface area contributed by atoms with Gasteiger partial charge in [0, 0.05) is 5.75 Å². The van der Waals surface area contributed by atoms with Gasteiger partial charge in [0.05, 0.1) is 17.7 Å². The van der Waals surface area contributed by atoms with Gasteiger partial charge in [-0.15, -0.1) is 18.3 Å². The van der Waals surface area contributed by atoms with Crippen LogP contribution in [0.2, 0.25) is 0 Å². The number of nitrogens with zero attached hydrogens (tertiary/aromatic N) is 5. The van der Waals surface area contributed by atoms with E-state index in [4.69, 9.17) is 5.26 Å². The summed E-state index contributed by atoms with van der Waals surface area (Å²) in [6.45, 7) is 3.89. The van der Waals surface area contributed by atoms with Crippen LogP contribution in [-0.4, -0.2) is 25.5 Å². The van der Waals surface area contributed by atoms with E-state index in [2.05, 4.69) is 27.7 Å². The summed E-state index contributed by atoms with van der Waals surface area (Å²) in [5.41, 5.74) is 0.711. The molecule has 0 radical (unpaired) electrons. The van der Waals surface area contributed by atoms with Crippen molar-refractivity contribution < 1.29 is 0 Å². The molecule has 0 amide bonds. The Morgan fingerprint density at radius 3 is 3.18 bits per heavy atom. The van der Waals surface area contributed by atoms with E-state index < -0.39 is 0 Å². The summed E-state index contributed by atoms with van der Waals surface area (Å²) in [6.07, 6.45) is 6.03. The first-order valence-corrected chi connectivity index (χ1v) is 6.12. The van der Waals surface area contributed by atoms with Crippen molar-refractivity contribution in [1.29, 1.82) is 5.26 Å². The molecule has 5 nitrogen and oxygen atoms in total. The lowest BCUT2D eigenvalue weighted by Crippen LogP contribution is -1.99. The van der Waals surface area contributed by atoms with Gasteiger partial charge >= 0.3 is 0 Å². The molecule has 0 N–H and O–H groups in total. The minimum atomic E-state index is 0.206. The van der Waals surface area contributed by atoms with Crippen molar-refractivity contribution in [3.63, 3.8) is 0 Å². The highest BCUT2D eigenvalue weighted by Crippen LogP contribution is 2.24. The maximum atomic E-state index is 8.67. The SMILES string of the molecule is C=CCCSc1ncnc2c1cnn2CC#N. The smallest absolute Gasteiger partial charge is 0.163 e. The zero-order chi connectivity index (χ0) is 12.1. The predicted octanol–water partition coefficient (Wildman–Crippen LogP) is 2.02. The first-order valence-electron chi connectivity index (χ1n) is 5.14. The number of rotatable bonds is 5. The predicted molar refractivity (Wildman–Crippen MR) is 66.5 cm³/mol. The summed E-state index contributed by atoms with van der Waals surface area (Å²) in [4.78, 5) is 8.39. The van der Waals surface area contributed by atoms with Crippen LogP contribution in [0.5, 0.6) is 0 Å². The van der Waals surface area contributed by atoms with E-state index in [1.54, 1.807) is 22.6 Å². The molecular weight excluding hydrogens is 234 g/mol. The average Bonchev–Trinajstić information content (AvgIpc) is 2.75. The van der Waals surface area contributed by atoms with E-state index in [0.717, 1.165) is 22.6 Å². The van der Waals surface area contributed by atoms with Gasteiger partial charge in [0.15, 0.2) is 5.65 Å². The molecule has 86 valence electrons. The molecule has 0 aliphatic carbocycles. The van der Waals surface area contributed by atoms with Crippen LogP contribution in [0.3, 0.4) is 0 Å². The summed E-state index contributed by atoms with van der Waals surface area (Å²) in [5.74, 6) is 0.930. The van der Waals surface area contributed by atoms with Crippen LogP contribution in [0.4, 0.5) is 0 Å². The largest absolute Gasteiger partial charge is 0.233 e. The minimum Gasteiger partial charge on any atom is -0.233 e. The molecule has 0 bridgehead atoms. The van der Waals surface area contributed by atoms with Crippen molar-refractivity contribution >= 4 is 22.8 Å². The van der Waals surface area contributed by atoms with Gasteiger partial charge < -0.3 is 0 Å². The van der Waals surface area contributed by atoms with Crippen molar-refractivity contribution in [3.8, 4) is 6.07 Å². The summed E-state index contributed by atoms with van der Waals surface area (Å²) in [7, 11) is 0. The second-order valence-electron chi connectivity index (χ2n) is 3.30. The maximum absolute atomic E-state index is 8.67. The van der Waals surface area contributed by atoms with Crippen LogP contribution < -0.4 is 0 Å². The standard InChI is InChI=1S/C11H11N5S/c1-2-3-6-17-11-9-7-15-16(5-4-12)10(9)13-8-14-11/h2,7-8H,1,3,5-6H2. The van der Waals surface area contributed by atoms with Crippen LogP contribution in [0, 0.1) is 11.3 Å². The average molecular weight is 245 g/mol. The number of aromatic nitrogens is 4. The Morgan fingerprint density at radius 1 is 1.53 bits per heavy atom. The second-order valence-corrected chi connectivity index (χ2v) is 4.39. The van der Waals surface area contributed by atoms with Gasteiger partial charge in [-0.05, 0) is 6.42 Å². The lowest BCUT2D eigenvalue weighted by Gasteiger charge is -2.00. The van der Waals surface area contributed by atoms with E-state index in [-0.39, 0.29) is 6.54 Å². The molecular formula is C11H11N5S. The third kappa shape index (κ3) is 2.45. The van der Waals surface area contributed by atoms with Crippen molar-refractivity contribution in [2.75, 3.05) is 5.75 Å². The highest BCUT2D eigenvalue weighted by atomic mass is 32.2.